The first-order valence-corrected chi connectivity index (χ1v) is 4.53. The van der Waals surface area contributed by atoms with Gasteiger partial charge in [0.2, 0.25) is 0 Å². The molecule has 0 unspecified atom stereocenters. The lowest BCUT2D eigenvalue weighted by molar-refractivity contribution is 0.0596. The summed E-state index contributed by atoms with van der Waals surface area (Å²) in [6, 6.07) is 0.905. The van der Waals surface area contributed by atoms with E-state index in [9.17, 15) is 9.18 Å². The van der Waals surface area contributed by atoms with Crippen molar-refractivity contribution in [2.45, 2.75) is 0 Å². The number of ether oxygens (including phenoxy) is 1. The average molecular weight is 257 g/mol. The molecule has 0 atom stereocenters. The van der Waals surface area contributed by atoms with E-state index in [1.807, 2.05) is 0 Å². The van der Waals surface area contributed by atoms with E-state index in [-0.39, 0.29) is 15.1 Å². The lowest BCUT2D eigenvalue weighted by Gasteiger charge is -2.06. The summed E-state index contributed by atoms with van der Waals surface area (Å²) in [5.41, 5.74) is -0.413. The van der Waals surface area contributed by atoms with Crippen LogP contribution in [-0.2, 0) is 4.74 Å². The fraction of sp³-hybridized carbons (Fsp3) is 0.125. The predicted molar refractivity (Wildman–Crippen MR) is 52.8 cm³/mol. The summed E-state index contributed by atoms with van der Waals surface area (Å²) in [5.74, 6) is -1.76. The summed E-state index contributed by atoms with van der Waals surface area (Å²) in [7, 11) is 1.11. The van der Waals surface area contributed by atoms with E-state index in [1.54, 1.807) is 0 Å². The van der Waals surface area contributed by atoms with Crippen molar-refractivity contribution >= 4 is 40.8 Å². The van der Waals surface area contributed by atoms with E-state index < -0.39 is 17.3 Å². The number of methoxy groups -OCH3 is 1. The molecule has 0 saturated heterocycles. The van der Waals surface area contributed by atoms with Crippen molar-refractivity contribution in [2.24, 2.45) is 0 Å². The van der Waals surface area contributed by atoms with E-state index in [1.165, 1.54) is 0 Å². The first kappa shape index (κ1) is 11.6. The van der Waals surface area contributed by atoms with Crippen molar-refractivity contribution in [3.63, 3.8) is 0 Å². The summed E-state index contributed by atoms with van der Waals surface area (Å²) in [4.78, 5) is 11.1. The van der Waals surface area contributed by atoms with Gasteiger partial charge < -0.3 is 4.74 Å². The molecule has 0 N–H and O–H groups in total. The number of rotatable bonds is 1. The van der Waals surface area contributed by atoms with Crippen LogP contribution in [0.2, 0.25) is 15.1 Å². The van der Waals surface area contributed by atoms with E-state index in [0.717, 1.165) is 13.2 Å². The Kier molecular flexibility index (Phi) is 3.59. The van der Waals surface area contributed by atoms with Crippen molar-refractivity contribution in [3.8, 4) is 0 Å². The highest BCUT2D eigenvalue weighted by Crippen LogP contribution is 2.34. The molecule has 0 spiro atoms. The normalized spacial score (nSPS) is 10.1. The maximum absolute atomic E-state index is 13.2. The Morgan fingerprint density at radius 3 is 2.43 bits per heavy atom. The van der Waals surface area contributed by atoms with Crippen LogP contribution in [0.25, 0.3) is 0 Å². The van der Waals surface area contributed by atoms with Crippen LogP contribution in [0.1, 0.15) is 10.4 Å². The molecular weight excluding hydrogens is 253 g/mol. The summed E-state index contributed by atoms with van der Waals surface area (Å²) in [6.07, 6.45) is 0. The van der Waals surface area contributed by atoms with E-state index >= 15 is 0 Å². The molecule has 0 aliphatic carbocycles. The van der Waals surface area contributed by atoms with Crippen molar-refractivity contribution in [3.05, 3.63) is 32.5 Å². The zero-order chi connectivity index (χ0) is 10.9. The predicted octanol–water partition coefficient (Wildman–Crippen LogP) is 3.57. The molecule has 0 aliphatic rings. The molecule has 0 aromatic heterocycles. The molecule has 14 heavy (non-hydrogen) atoms. The Morgan fingerprint density at radius 2 is 1.93 bits per heavy atom. The number of hydrogen-bond acceptors (Lipinski definition) is 2. The fourth-order valence-electron chi connectivity index (χ4n) is 0.855. The van der Waals surface area contributed by atoms with Crippen LogP contribution in [-0.4, -0.2) is 13.1 Å². The van der Waals surface area contributed by atoms with E-state index in [4.69, 9.17) is 34.8 Å². The molecule has 0 amide bonds. The monoisotopic (exact) mass is 256 g/mol. The lowest BCUT2D eigenvalue weighted by atomic mass is 10.2. The molecule has 76 valence electrons. The third-order valence-corrected chi connectivity index (χ3v) is 2.77. The van der Waals surface area contributed by atoms with Gasteiger partial charge in [-0.25, -0.2) is 9.18 Å². The number of benzene rings is 1. The lowest BCUT2D eigenvalue weighted by Crippen LogP contribution is -2.05. The van der Waals surface area contributed by atoms with Crippen LogP contribution in [0.4, 0.5) is 4.39 Å². The smallest absolute Gasteiger partial charge is 0.342 e. The van der Waals surface area contributed by atoms with Crippen molar-refractivity contribution in [1.82, 2.24) is 0 Å². The summed E-state index contributed by atoms with van der Waals surface area (Å²) in [6.45, 7) is 0. The molecule has 2 nitrogen and oxygen atoms in total. The largest absolute Gasteiger partial charge is 0.465 e. The van der Waals surface area contributed by atoms with Crippen LogP contribution >= 0.6 is 34.8 Å². The molecule has 0 radical (unpaired) electrons. The SMILES string of the molecule is COC(=O)c1c(F)cc(Cl)c(Cl)c1Cl. The Bertz CT molecular complexity index is 393. The number of carbonyl (C=O) groups excluding carboxylic acids is 1. The van der Waals surface area contributed by atoms with E-state index in [0.29, 0.717) is 0 Å². The average Bonchev–Trinajstić information content (AvgIpc) is 2.14. The highest BCUT2D eigenvalue weighted by molar-refractivity contribution is 6.49. The van der Waals surface area contributed by atoms with Crippen LogP contribution in [0.15, 0.2) is 6.07 Å². The number of hydrogen-bond donors (Lipinski definition) is 0. The second-order valence-corrected chi connectivity index (χ2v) is 3.50. The molecule has 1 aromatic rings. The Hall–Kier alpha value is -0.510. The second-order valence-electron chi connectivity index (χ2n) is 2.33. The van der Waals surface area contributed by atoms with Crippen molar-refractivity contribution < 1.29 is 13.9 Å². The van der Waals surface area contributed by atoms with Gasteiger partial charge in [-0.1, -0.05) is 34.8 Å². The maximum Gasteiger partial charge on any atom is 0.342 e. The van der Waals surface area contributed by atoms with Crippen molar-refractivity contribution in [2.75, 3.05) is 7.11 Å². The Morgan fingerprint density at radius 1 is 1.36 bits per heavy atom. The van der Waals surface area contributed by atoms with Gasteiger partial charge in [0.15, 0.2) is 0 Å². The van der Waals surface area contributed by atoms with Gasteiger partial charge in [0.1, 0.15) is 11.4 Å². The van der Waals surface area contributed by atoms with Gasteiger partial charge in [-0.05, 0) is 6.07 Å². The highest BCUT2D eigenvalue weighted by atomic mass is 35.5. The van der Waals surface area contributed by atoms with Gasteiger partial charge in [-0.2, -0.15) is 0 Å². The van der Waals surface area contributed by atoms with Crippen LogP contribution in [0.5, 0.6) is 0 Å². The third-order valence-electron chi connectivity index (χ3n) is 1.50. The van der Waals surface area contributed by atoms with E-state index in [2.05, 4.69) is 4.74 Å². The summed E-state index contributed by atoms with van der Waals surface area (Å²) in [5, 5.41) is -0.375. The standard InChI is InChI=1S/C8H4Cl3FO2/c1-14-8(13)5-4(12)2-3(9)6(10)7(5)11/h2H,1H3. The fourth-order valence-corrected chi connectivity index (χ4v) is 1.51. The molecular formula is C8H4Cl3FO2. The molecule has 6 heteroatoms. The van der Waals surface area contributed by atoms with Crippen LogP contribution in [0.3, 0.4) is 0 Å². The van der Waals surface area contributed by atoms with Gasteiger partial charge >= 0.3 is 5.97 Å². The zero-order valence-corrected chi connectivity index (χ0v) is 9.17. The molecule has 0 bridgehead atoms. The van der Waals surface area contributed by atoms with Gasteiger partial charge in [0, 0.05) is 0 Å². The number of halogens is 4. The number of carbonyl (C=O) groups is 1. The third kappa shape index (κ3) is 1.95. The minimum absolute atomic E-state index is 0.0539. The van der Waals surface area contributed by atoms with Crippen LogP contribution < -0.4 is 0 Å². The minimum atomic E-state index is -0.897. The summed E-state index contributed by atoms with van der Waals surface area (Å²) >= 11 is 16.8. The molecule has 0 saturated carbocycles. The minimum Gasteiger partial charge on any atom is -0.465 e. The first-order chi connectivity index (χ1) is 6.49. The molecule has 0 aliphatic heterocycles. The molecule has 0 heterocycles. The van der Waals surface area contributed by atoms with Gasteiger partial charge in [-0.15, -0.1) is 0 Å². The molecule has 1 rings (SSSR count). The Labute approximate surface area is 94.5 Å². The summed E-state index contributed by atoms with van der Waals surface area (Å²) < 4.78 is 17.5. The van der Waals surface area contributed by atoms with Gasteiger partial charge in [0.05, 0.1) is 22.2 Å². The molecule has 0 fully saturated rings. The Balaban J connectivity index is 3.44. The highest BCUT2D eigenvalue weighted by Gasteiger charge is 2.21. The van der Waals surface area contributed by atoms with Crippen molar-refractivity contribution in [1.29, 1.82) is 0 Å². The van der Waals surface area contributed by atoms with Gasteiger partial charge in [-0.3, -0.25) is 0 Å². The maximum atomic E-state index is 13.2. The van der Waals surface area contributed by atoms with Crippen LogP contribution in [0, 0.1) is 5.82 Å². The quantitative estimate of drug-likeness (QED) is 0.437. The second kappa shape index (κ2) is 4.34. The molecule has 1 aromatic carbocycles. The zero-order valence-electron chi connectivity index (χ0n) is 6.91. The van der Waals surface area contributed by atoms with Gasteiger partial charge in [0.25, 0.3) is 0 Å². The topological polar surface area (TPSA) is 26.3 Å². The number of esters is 1. The first-order valence-electron chi connectivity index (χ1n) is 3.40.